The summed E-state index contributed by atoms with van der Waals surface area (Å²) in [6, 6.07) is 15.4. The smallest absolute Gasteiger partial charge is 0.322 e. The van der Waals surface area contributed by atoms with Crippen molar-refractivity contribution in [1.29, 1.82) is 0 Å². The van der Waals surface area contributed by atoms with Gasteiger partial charge in [0.15, 0.2) is 0 Å². The van der Waals surface area contributed by atoms with Crippen molar-refractivity contribution in [3.63, 3.8) is 0 Å². The van der Waals surface area contributed by atoms with Crippen molar-refractivity contribution >= 4 is 23.7 Å². The Kier molecular flexibility index (Phi) is 6.71. The highest BCUT2D eigenvalue weighted by Gasteiger charge is 2.13. The lowest BCUT2D eigenvalue weighted by Crippen LogP contribution is -2.14. The van der Waals surface area contributed by atoms with E-state index in [2.05, 4.69) is 29.4 Å². The van der Waals surface area contributed by atoms with Gasteiger partial charge in [0, 0.05) is 15.7 Å². The monoisotopic (exact) mass is 397 g/mol. The maximum Gasteiger partial charge on any atom is 0.322 e. The van der Waals surface area contributed by atoms with Gasteiger partial charge < -0.3 is 9.15 Å². The number of aromatic nitrogens is 2. The Hall–Kier alpha value is -2.80. The molecule has 0 unspecified atom stereocenters. The van der Waals surface area contributed by atoms with Gasteiger partial charge in [-0.3, -0.25) is 10.1 Å². The Labute approximate surface area is 168 Å². The first-order chi connectivity index (χ1) is 13.5. The molecule has 6 nitrogen and oxygen atoms in total. The Bertz CT molecular complexity index is 923. The number of anilines is 1. The van der Waals surface area contributed by atoms with Crippen molar-refractivity contribution in [2.24, 2.45) is 0 Å². The summed E-state index contributed by atoms with van der Waals surface area (Å²) in [6.07, 6.45) is 0.213. The highest BCUT2D eigenvalue weighted by atomic mass is 32.2. The summed E-state index contributed by atoms with van der Waals surface area (Å²) in [6.45, 7) is 6.82. The van der Waals surface area contributed by atoms with E-state index in [4.69, 9.17) is 9.15 Å². The number of nitrogens with one attached hydrogen (secondary N) is 1. The molecule has 1 N–H and O–H groups in total. The fourth-order valence-electron chi connectivity index (χ4n) is 2.58. The molecule has 2 aromatic carbocycles. The maximum absolute atomic E-state index is 12.2. The molecule has 0 spiro atoms. The number of thioether (sulfide) groups is 1. The molecule has 0 aliphatic heterocycles. The molecule has 0 saturated heterocycles. The van der Waals surface area contributed by atoms with Crippen LogP contribution in [0.1, 0.15) is 26.3 Å². The third-order valence-corrected chi connectivity index (χ3v) is 4.72. The quantitative estimate of drug-likeness (QED) is 0.549. The maximum atomic E-state index is 12.2. The van der Waals surface area contributed by atoms with Crippen LogP contribution in [0.5, 0.6) is 5.75 Å². The second-order valence-corrected chi connectivity index (χ2v) is 8.06. The number of carbonyl (C=O) groups excluding carboxylic acids is 1. The van der Waals surface area contributed by atoms with Crippen molar-refractivity contribution in [3.05, 3.63) is 54.1 Å². The number of carbonyl (C=O) groups is 1. The molecular formula is C21H23N3O3S. The van der Waals surface area contributed by atoms with Gasteiger partial charge in [0.1, 0.15) is 5.75 Å². The Morgan fingerprint density at radius 3 is 2.68 bits per heavy atom. The normalized spacial score (nSPS) is 10.9. The van der Waals surface area contributed by atoms with E-state index in [1.807, 2.05) is 55.5 Å². The summed E-state index contributed by atoms with van der Waals surface area (Å²) in [5, 5.41) is 11.1. The van der Waals surface area contributed by atoms with Crippen LogP contribution in [0.25, 0.3) is 11.5 Å². The Morgan fingerprint density at radius 2 is 1.96 bits per heavy atom. The second kappa shape index (κ2) is 9.41. The third-order valence-electron chi connectivity index (χ3n) is 3.72. The van der Waals surface area contributed by atoms with Crippen LogP contribution in [-0.4, -0.2) is 28.0 Å². The number of hydrogen-bond acceptors (Lipinski definition) is 6. The highest BCUT2D eigenvalue weighted by Crippen LogP contribution is 2.28. The van der Waals surface area contributed by atoms with Crippen LogP contribution in [0.3, 0.4) is 0 Å². The van der Waals surface area contributed by atoms with E-state index in [0.717, 1.165) is 21.8 Å². The van der Waals surface area contributed by atoms with E-state index >= 15 is 0 Å². The first-order valence-electron chi connectivity index (χ1n) is 9.15. The fraction of sp³-hybridized carbons (Fsp3) is 0.286. The molecule has 1 heterocycles. The van der Waals surface area contributed by atoms with E-state index in [-0.39, 0.29) is 18.3 Å². The fourth-order valence-corrected chi connectivity index (χ4v) is 3.48. The number of hydrogen-bond donors (Lipinski definition) is 1. The van der Waals surface area contributed by atoms with Crippen LogP contribution in [0.4, 0.5) is 6.01 Å². The summed E-state index contributed by atoms with van der Waals surface area (Å²) >= 11 is 1.76. The predicted molar refractivity (Wildman–Crippen MR) is 111 cm³/mol. The summed E-state index contributed by atoms with van der Waals surface area (Å²) in [5.74, 6) is 0.942. The Balaban J connectivity index is 1.61. The van der Waals surface area contributed by atoms with Gasteiger partial charge in [-0.2, -0.15) is 0 Å². The SMILES string of the molecule is CCOc1ccc(CC(=O)Nc2nnc(-c3cccc(SC(C)C)c3)o2)cc1. The highest BCUT2D eigenvalue weighted by molar-refractivity contribution is 7.99. The summed E-state index contributed by atoms with van der Waals surface area (Å²) in [7, 11) is 0. The standard InChI is InChI=1S/C21H23N3O3S/c1-4-26-17-10-8-15(9-11-17)12-19(25)22-21-24-23-20(27-21)16-6-5-7-18(13-16)28-14(2)3/h5-11,13-14H,4,12H2,1-3H3,(H,22,24,25). The van der Waals surface area contributed by atoms with Crippen molar-refractivity contribution in [3.8, 4) is 17.2 Å². The van der Waals surface area contributed by atoms with E-state index in [0.29, 0.717) is 17.7 Å². The minimum atomic E-state index is -0.219. The number of amides is 1. The van der Waals surface area contributed by atoms with Crippen LogP contribution >= 0.6 is 11.8 Å². The van der Waals surface area contributed by atoms with Crippen LogP contribution in [0.2, 0.25) is 0 Å². The first kappa shape index (κ1) is 19.9. The van der Waals surface area contributed by atoms with Crippen molar-refractivity contribution < 1.29 is 13.9 Å². The molecule has 146 valence electrons. The molecular weight excluding hydrogens is 374 g/mol. The summed E-state index contributed by atoms with van der Waals surface area (Å²) in [4.78, 5) is 13.4. The molecule has 0 radical (unpaired) electrons. The molecule has 3 rings (SSSR count). The molecule has 0 saturated carbocycles. The number of ether oxygens (including phenoxy) is 1. The van der Waals surface area contributed by atoms with Crippen LogP contribution in [0, 0.1) is 0 Å². The molecule has 28 heavy (non-hydrogen) atoms. The summed E-state index contributed by atoms with van der Waals surface area (Å²) < 4.78 is 11.0. The summed E-state index contributed by atoms with van der Waals surface area (Å²) in [5.41, 5.74) is 1.70. The molecule has 0 fully saturated rings. The average molecular weight is 398 g/mol. The lowest BCUT2D eigenvalue weighted by Gasteiger charge is -2.05. The van der Waals surface area contributed by atoms with E-state index in [1.54, 1.807) is 11.8 Å². The van der Waals surface area contributed by atoms with Crippen molar-refractivity contribution in [1.82, 2.24) is 10.2 Å². The van der Waals surface area contributed by atoms with Crippen LogP contribution in [-0.2, 0) is 11.2 Å². The molecule has 0 atom stereocenters. The van der Waals surface area contributed by atoms with E-state index in [9.17, 15) is 4.79 Å². The van der Waals surface area contributed by atoms with Gasteiger partial charge in [-0.15, -0.1) is 16.9 Å². The van der Waals surface area contributed by atoms with Gasteiger partial charge in [-0.25, -0.2) is 0 Å². The number of rotatable bonds is 8. The third kappa shape index (κ3) is 5.60. The predicted octanol–water partition coefficient (Wildman–Crippen LogP) is 4.82. The lowest BCUT2D eigenvalue weighted by molar-refractivity contribution is -0.115. The zero-order valence-corrected chi connectivity index (χ0v) is 17.0. The minimum absolute atomic E-state index is 0.0906. The van der Waals surface area contributed by atoms with E-state index in [1.165, 1.54) is 0 Å². The molecule has 7 heteroatoms. The number of nitrogens with zero attached hydrogens (tertiary/aromatic N) is 2. The zero-order chi connectivity index (χ0) is 19.9. The second-order valence-electron chi connectivity index (χ2n) is 6.41. The Morgan fingerprint density at radius 1 is 1.18 bits per heavy atom. The molecule has 1 aromatic heterocycles. The first-order valence-corrected chi connectivity index (χ1v) is 10.0. The average Bonchev–Trinajstić information content (AvgIpc) is 3.11. The van der Waals surface area contributed by atoms with Gasteiger partial charge in [-0.05, 0) is 42.8 Å². The molecule has 1 amide bonds. The lowest BCUT2D eigenvalue weighted by atomic mass is 10.1. The van der Waals surface area contributed by atoms with Gasteiger partial charge in [0.25, 0.3) is 0 Å². The molecule has 0 bridgehead atoms. The van der Waals surface area contributed by atoms with Crippen LogP contribution in [0.15, 0.2) is 57.8 Å². The van der Waals surface area contributed by atoms with Crippen molar-refractivity contribution in [2.75, 3.05) is 11.9 Å². The van der Waals surface area contributed by atoms with Crippen molar-refractivity contribution in [2.45, 2.75) is 37.3 Å². The molecule has 3 aromatic rings. The van der Waals surface area contributed by atoms with Gasteiger partial charge >= 0.3 is 6.01 Å². The van der Waals surface area contributed by atoms with Crippen LogP contribution < -0.4 is 10.1 Å². The minimum Gasteiger partial charge on any atom is -0.494 e. The van der Waals surface area contributed by atoms with Gasteiger partial charge in [0.2, 0.25) is 11.8 Å². The zero-order valence-electron chi connectivity index (χ0n) is 16.1. The molecule has 0 aliphatic carbocycles. The van der Waals surface area contributed by atoms with Gasteiger partial charge in [-0.1, -0.05) is 37.1 Å². The molecule has 0 aliphatic rings. The van der Waals surface area contributed by atoms with E-state index < -0.39 is 0 Å². The number of benzene rings is 2. The largest absolute Gasteiger partial charge is 0.494 e. The van der Waals surface area contributed by atoms with Gasteiger partial charge in [0.05, 0.1) is 13.0 Å². The topological polar surface area (TPSA) is 77.2 Å².